The first-order valence-corrected chi connectivity index (χ1v) is 19.0. The zero-order valence-electron chi connectivity index (χ0n) is 30.1. The SMILES string of the molecule is c1ccc(-c2cccc(-c3nc(-c4ccc5c6c(cccc46)-c4cccc(-n6c7ccccc7c7cc8ccccc8cc76)c4O5)nc4ccccc34)c2)cc1. The van der Waals surface area contributed by atoms with Gasteiger partial charge in [0.05, 0.1) is 27.9 Å². The fourth-order valence-corrected chi connectivity index (χ4v) is 8.82. The van der Waals surface area contributed by atoms with E-state index in [0.717, 1.165) is 83.4 Å². The number of fused-ring (bicyclic) bond motifs is 7. The molecule has 2 aromatic heterocycles. The van der Waals surface area contributed by atoms with Crippen LogP contribution in [0, 0.1) is 0 Å². The lowest BCUT2D eigenvalue weighted by Crippen LogP contribution is -2.04. The van der Waals surface area contributed by atoms with Gasteiger partial charge >= 0.3 is 0 Å². The highest BCUT2D eigenvalue weighted by atomic mass is 16.5. The number of hydrogen-bond acceptors (Lipinski definition) is 3. The Morgan fingerprint density at radius 1 is 0.411 bits per heavy atom. The predicted molar refractivity (Wildman–Crippen MR) is 231 cm³/mol. The monoisotopic (exact) mass is 713 g/mol. The molecule has 0 spiro atoms. The van der Waals surface area contributed by atoms with Crippen LogP contribution in [0.2, 0.25) is 0 Å². The summed E-state index contributed by atoms with van der Waals surface area (Å²) in [5.41, 5.74) is 11.7. The summed E-state index contributed by atoms with van der Waals surface area (Å²) >= 11 is 0. The Bertz CT molecular complexity index is 3400. The largest absolute Gasteiger partial charge is 0.454 e. The fourth-order valence-electron chi connectivity index (χ4n) is 8.82. The molecule has 11 aromatic rings. The van der Waals surface area contributed by atoms with Crippen molar-refractivity contribution < 1.29 is 4.74 Å². The van der Waals surface area contributed by atoms with Gasteiger partial charge in [0.15, 0.2) is 11.6 Å². The molecule has 4 nitrogen and oxygen atoms in total. The van der Waals surface area contributed by atoms with Gasteiger partial charge in [-0.1, -0.05) is 140 Å². The molecule has 0 radical (unpaired) electrons. The summed E-state index contributed by atoms with van der Waals surface area (Å²) in [4.78, 5) is 10.5. The van der Waals surface area contributed by atoms with E-state index in [1.54, 1.807) is 0 Å². The second-order valence-electron chi connectivity index (χ2n) is 14.5. The van der Waals surface area contributed by atoms with Gasteiger partial charge < -0.3 is 9.30 Å². The van der Waals surface area contributed by atoms with Crippen molar-refractivity contribution in [1.82, 2.24) is 14.5 Å². The number of aromatic nitrogens is 3. The molecule has 1 aliphatic heterocycles. The van der Waals surface area contributed by atoms with Gasteiger partial charge in [-0.25, -0.2) is 9.97 Å². The molecule has 4 heteroatoms. The lowest BCUT2D eigenvalue weighted by Gasteiger charge is -2.25. The Hall–Kier alpha value is -7.56. The molecule has 3 heterocycles. The van der Waals surface area contributed by atoms with E-state index in [2.05, 4.69) is 180 Å². The van der Waals surface area contributed by atoms with Crippen LogP contribution in [0.3, 0.4) is 0 Å². The highest BCUT2D eigenvalue weighted by molar-refractivity contribution is 6.15. The Morgan fingerprint density at radius 2 is 1.11 bits per heavy atom. The standard InChI is InChI=1S/C52H31N3O/c1-2-13-32(14-3-1)33-17-10-18-36(29-33)50-42-20-6-8-24-44(42)53-52(54-50)41-27-28-48-49-38(21-11-22-39(41)49)40-23-12-26-46(51(40)56-48)55-45-25-9-7-19-37(45)43-30-34-15-4-5-16-35(34)31-47(43)55/h1-31H. The van der Waals surface area contributed by atoms with Crippen LogP contribution in [0.1, 0.15) is 0 Å². The molecule has 0 saturated carbocycles. The molecule has 0 aliphatic carbocycles. The molecule has 0 fully saturated rings. The average Bonchev–Trinajstić information content (AvgIpc) is 3.58. The minimum atomic E-state index is 0.685. The maximum Gasteiger partial charge on any atom is 0.161 e. The van der Waals surface area contributed by atoms with Crippen LogP contribution >= 0.6 is 0 Å². The van der Waals surface area contributed by atoms with E-state index in [1.807, 2.05) is 12.1 Å². The van der Waals surface area contributed by atoms with E-state index in [4.69, 9.17) is 14.7 Å². The Kier molecular flexibility index (Phi) is 6.60. The van der Waals surface area contributed by atoms with Gasteiger partial charge in [-0.3, -0.25) is 0 Å². The van der Waals surface area contributed by atoms with Crippen LogP contribution in [0.5, 0.6) is 11.5 Å². The molecule has 0 unspecified atom stereocenters. The molecule has 1 aliphatic rings. The number of nitrogens with zero attached hydrogens (tertiary/aromatic N) is 3. The quantitative estimate of drug-likeness (QED) is 0.182. The van der Waals surface area contributed by atoms with Gasteiger partial charge in [-0.05, 0) is 81.4 Å². The van der Waals surface area contributed by atoms with Gasteiger partial charge in [0.2, 0.25) is 0 Å². The molecule has 0 amide bonds. The Balaban J connectivity index is 1.05. The molecule has 56 heavy (non-hydrogen) atoms. The van der Waals surface area contributed by atoms with Crippen molar-refractivity contribution in [3.63, 3.8) is 0 Å². The van der Waals surface area contributed by atoms with E-state index in [0.29, 0.717) is 5.82 Å². The first kappa shape index (κ1) is 30.9. The third-order valence-corrected chi connectivity index (χ3v) is 11.4. The normalized spacial score (nSPS) is 12.1. The van der Waals surface area contributed by atoms with Crippen LogP contribution in [0.15, 0.2) is 188 Å². The first-order valence-electron chi connectivity index (χ1n) is 19.0. The van der Waals surface area contributed by atoms with Crippen LogP contribution < -0.4 is 4.74 Å². The molecular weight excluding hydrogens is 683 g/mol. The van der Waals surface area contributed by atoms with Crippen molar-refractivity contribution in [3.05, 3.63) is 188 Å². The molecule has 0 N–H and O–H groups in total. The van der Waals surface area contributed by atoms with Gasteiger partial charge in [0, 0.05) is 38.2 Å². The maximum absolute atomic E-state index is 7.04. The summed E-state index contributed by atoms with van der Waals surface area (Å²) in [6.07, 6.45) is 0. The molecule has 12 rings (SSSR count). The van der Waals surface area contributed by atoms with Gasteiger partial charge in [-0.2, -0.15) is 0 Å². The third kappa shape index (κ3) is 4.60. The van der Waals surface area contributed by atoms with E-state index in [-0.39, 0.29) is 0 Å². The highest BCUT2D eigenvalue weighted by Gasteiger charge is 2.27. The molecule has 260 valence electrons. The summed E-state index contributed by atoms with van der Waals surface area (Å²) in [6, 6.07) is 66.5. The highest BCUT2D eigenvalue weighted by Crippen LogP contribution is 2.51. The lowest BCUT2D eigenvalue weighted by atomic mass is 9.91. The average molecular weight is 714 g/mol. The molecule has 9 aromatic carbocycles. The zero-order valence-corrected chi connectivity index (χ0v) is 30.1. The van der Waals surface area contributed by atoms with E-state index >= 15 is 0 Å². The summed E-state index contributed by atoms with van der Waals surface area (Å²) in [6.45, 7) is 0. The van der Waals surface area contributed by atoms with Gasteiger partial charge in [0.1, 0.15) is 5.75 Å². The van der Waals surface area contributed by atoms with Crippen molar-refractivity contribution in [2.24, 2.45) is 0 Å². The zero-order chi connectivity index (χ0) is 36.7. The number of benzene rings is 9. The Labute approximate surface area is 322 Å². The number of hydrogen-bond donors (Lipinski definition) is 0. The summed E-state index contributed by atoms with van der Waals surface area (Å²) in [5, 5.41) is 8.02. The smallest absolute Gasteiger partial charge is 0.161 e. The molecule has 0 saturated heterocycles. The van der Waals surface area contributed by atoms with Crippen LogP contribution in [0.4, 0.5) is 0 Å². The summed E-state index contributed by atoms with van der Waals surface area (Å²) < 4.78 is 9.41. The van der Waals surface area contributed by atoms with Gasteiger partial charge in [0.25, 0.3) is 0 Å². The van der Waals surface area contributed by atoms with Crippen molar-refractivity contribution >= 4 is 54.3 Å². The Morgan fingerprint density at radius 3 is 2.02 bits per heavy atom. The minimum absolute atomic E-state index is 0.685. The second kappa shape index (κ2) is 12.0. The van der Waals surface area contributed by atoms with Gasteiger partial charge in [-0.15, -0.1) is 0 Å². The third-order valence-electron chi connectivity index (χ3n) is 11.4. The van der Waals surface area contributed by atoms with E-state index in [9.17, 15) is 0 Å². The molecule has 0 atom stereocenters. The first-order chi connectivity index (χ1) is 27.8. The fraction of sp³-hybridized carbons (Fsp3) is 0. The number of ether oxygens (including phenoxy) is 1. The topological polar surface area (TPSA) is 39.9 Å². The molecule has 0 bridgehead atoms. The maximum atomic E-state index is 7.04. The lowest BCUT2D eigenvalue weighted by molar-refractivity contribution is 0.485. The molecular formula is C52H31N3O. The van der Waals surface area contributed by atoms with Crippen LogP contribution in [-0.4, -0.2) is 14.5 Å². The predicted octanol–water partition coefficient (Wildman–Crippen LogP) is 13.8. The van der Waals surface area contributed by atoms with E-state index in [1.165, 1.54) is 27.1 Å². The number of para-hydroxylation sites is 3. The van der Waals surface area contributed by atoms with Crippen molar-refractivity contribution in [3.8, 4) is 62.1 Å². The number of rotatable bonds is 4. The van der Waals surface area contributed by atoms with Crippen molar-refractivity contribution in [2.75, 3.05) is 0 Å². The van der Waals surface area contributed by atoms with Crippen LogP contribution in [0.25, 0.3) is 105 Å². The van der Waals surface area contributed by atoms with Crippen LogP contribution in [-0.2, 0) is 0 Å². The van der Waals surface area contributed by atoms with Crippen molar-refractivity contribution in [1.29, 1.82) is 0 Å². The van der Waals surface area contributed by atoms with Crippen molar-refractivity contribution in [2.45, 2.75) is 0 Å². The summed E-state index contributed by atoms with van der Waals surface area (Å²) in [5.74, 6) is 2.35. The van der Waals surface area contributed by atoms with E-state index < -0.39 is 0 Å². The minimum Gasteiger partial charge on any atom is -0.454 e. The second-order valence-corrected chi connectivity index (χ2v) is 14.5. The summed E-state index contributed by atoms with van der Waals surface area (Å²) in [7, 11) is 0.